The Kier molecular flexibility index (Phi) is 4.07. The van der Waals surface area contributed by atoms with Crippen LogP contribution < -0.4 is 11.1 Å². The van der Waals surface area contributed by atoms with E-state index >= 15 is 0 Å². The quantitative estimate of drug-likeness (QED) is 0.462. The lowest BCUT2D eigenvalue weighted by atomic mass is 10.1. The summed E-state index contributed by atoms with van der Waals surface area (Å²) in [5.41, 5.74) is 5.46. The van der Waals surface area contributed by atoms with Gasteiger partial charge in [-0.2, -0.15) is 16.8 Å². The van der Waals surface area contributed by atoms with Gasteiger partial charge in [0, 0.05) is 29.1 Å². The van der Waals surface area contributed by atoms with Gasteiger partial charge in [0.1, 0.15) is 9.79 Å². The molecule has 0 unspecified atom stereocenters. The number of carbonyl (C=O) groups is 1. The third kappa shape index (κ3) is 3.42. The van der Waals surface area contributed by atoms with Crippen LogP contribution in [0.25, 0.3) is 10.8 Å². The number of anilines is 2. The van der Waals surface area contributed by atoms with Gasteiger partial charge in [0.2, 0.25) is 5.91 Å². The van der Waals surface area contributed by atoms with Crippen LogP contribution >= 0.6 is 0 Å². The van der Waals surface area contributed by atoms with E-state index in [-0.39, 0.29) is 22.1 Å². The van der Waals surface area contributed by atoms with E-state index in [0.29, 0.717) is 0 Å². The third-order valence-corrected chi connectivity index (χ3v) is 4.74. The average Bonchev–Trinajstić information content (AvgIpc) is 2.34. The Morgan fingerprint density at radius 3 is 2.09 bits per heavy atom. The van der Waals surface area contributed by atoms with Crippen LogP contribution in [0.5, 0.6) is 0 Å². The van der Waals surface area contributed by atoms with Gasteiger partial charge in [-0.05, 0) is 24.3 Å². The summed E-state index contributed by atoms with van der Waals surface area (Å²) in [5.74, 6) is -0.553. The van der Waals surface area contributed by atoms with Crippen molar-refractivity contribution >= 4 is 48.3 Å². The van der Waals surface area contributed by atoms with Gasteiger partial charge in [-0.1, -0.05) is 0 Å². The van der Waals surface area contributed by atoms with Crippen LogP contribution in [0, 0.1) is 0 Å². The van der Waals surface area contributed by atoms with Gasteiger partial charge in [0.05, 0.1) is 0 Å². The molecular formula is C12H12N2O7S2. The number of carbonyl (C=O) groups excluding carboxylic acids is 1. The molecule has 0 atom stereocenters. The molecule has 9 nitrogen and oxygen atoms in total. The largest absolute Gasteiger partial charge is 0.398 e. The second kappa shape index (κ2) is 5.45. The molecule has 2 rings (SSSR count). The fourth-order valence-corrected chi connectivity index (χ4v) is 3.59. The van der Waals surface area contributed by atoms with Crippen LogP contribution in [0.4, 0.5) is 11.4 Å². The van der Waals surface area contributed by atoms with E-state index < -0.39 is 35.9 Å². The number of rotatable bonds is 3. The molecule has 23 heavy (non-hydrogen) atoms. The summed E-state index contributed by atoms with van der Waals surface area (Å²) in [6, 6.07) is 4.13. The molecule has 0 aliphatic rings. The molecule has 0 fully saturated rings. The minimum atomic E-state index is -4.78. The van der Waals surface area contributed by atoms with Gasteiger partial charge in [-0.25, -0.2) is 0 Å². The van der Waals surface area contributed by atoms with E-state index in [0.717, 1.165) is 31.2 Å². The molecule has 2 aromatic rings. The van der Waals surface area contributed by atoms with E-state index in [1.165, 1.54) is 0 Å². The number of amides is 1. The summed E-state index contributed by atoms with van der Waals surface area (Å²) in [6.45, 7) is 1.15. The minimum Gasteiger partial charge on any atom is -0.398 e. The monoisotopic (exact) mass is 360 g/mol. The normalized spacial score (nSPS) is 12.3. The van der Waals surface area contributed by atoms with Gasteiger partial charge < -0.3 is 11.1 Å². The first kappa shape index (κ1) is 17.1. The Balaban J connectivity index is 3.07. The van der Waals surface area contributed by atoms with Gasteiger partial charge in [-0.3, -0.25) is 13.9 Å². The maximum atomic E-state index is 11.6. The van der Waals surface area contributed by atoms with Crippen molar-refractivity contribution in [1.82, 2.24) is 0 Å². The minimum absolute atomic E-state index is 0.0897. The van der Waals surface area contributed by atoms with Crippen molar-refractivity contribution in [3.8, 4) is 0 Å². The molecule has 0 aliphatic heterocycles. The molecule has 0 saturated carbocycles. The Morgan fingerprint density at radius 2 is 1.61 bits per heavy atom. The van der Waals surface area contributed by atoms with Crippen LogP contribution in [0.1, 0.15) is 6.92 Å². The fourth-order valence-electron chi connectivity index (χ4n) is 2.15. The Bertz CT molecular complexity index is 1030. The molecule has 0 aliphatic carbocycles. The molecule has 0 radical (unpaired) electrons. The third-order valence-electron chi connectivity index (χ3n) is 2.95. The standard InChI is InChI=1S/C12H12N2O7S2/c1-6(15)14-7-4-8-10(22(16,17)18)3-2-9(13)12(8)11(5-7)23(19,20)21/h2-5H,13H2,1H3,(H,14,15)(H,16,17,18)(H,19,20,21). The molecule has 0 spiro atoms. The fraction of sp³-hybridized carbons (Fsp3) is 0.0833. The molecule has 11 heteroatoms. The van der Waals surface area contributed by atoms with Crippen molar-refractivity contribution < 1.29 is 30.7 Å². The summed E-state index contributed by atoms with van der Waals surface area (Å²) < 4.78 is 64.7. The van der Waals surface area contributed by atoms with Crippen LogP contribution in [-0.4, -0.2) is 31.8 Å². The van der Waals surface area contributed by atoms with E-state index in [1.54, 1.807) is 0 Å². The first-order chi connectivity index (χ1) is 10.4. The summed E-state index contributed by atoms with van der Waals surface area (Å²) in [5, 5.41) is 1.74. The van der Waals surface area contributed by atoms with Gasteiger partial charge in [0.25, 0.3) is 20.2 Å². The van der Waals surface area contributed by atoms with Crippen LogP contribution in [0.2, 0.25) is 0 Å². The van der Waals surface area contributed by atoms with E-state index in [9.17, 15) is 30.7 Å². The van der Waals surface area contributed by atoms with Crippen LogP contribution in [0.3, 0.4) is 0 Å². The SMILES string of the molecule is CC(=O)Nc1cc(S(=O)(=O)O)c2c(N)ccc(S(=O)(=O)O)c2c1. The van der Waals surface area contributed by atoms with Crippen LogP contribution in [-0.2, 0) is 25.0 Å². The van der Waals surface area contributed by atoms with E-state index in [4.69, 9.17) is 5.73 Å². The Labute approximate surface area is 131 Å². The summed E-state index contributed by atoms with van der Waals surface area (Å²) in [7, 11) is -9.48. The number of benzene rings is 2. The number of nitrogens with one attached hydrogen (secondary N) is 1. The predicted molar refractivity (Wildman–Crippen MR) is 82.3 cm³/mol. The van der Waals surface area contributed by atoms with E-state index in [1.807, 2.05) is 0 Å². The first-order valence-corrected chi connectivity index (χ1v) is 8.88. The summed E-state index contributed by atoms with van der Waals surface area (Å²) >= 11 is 0. The molecule has 0 bridgehead atoms. The summed E-state index contributed by atoms with van der Waals surface area (Å²) in [4.78, 5) is 9.84. The number of nitrogens with two attached hydrogens (primary N) is 1. The molecule has 5 N–H and O–H groups in total. The Morgan fingerprint density at radius 1 is 1.04 bits per heavy atom. The lowest BCUT2D eigenvalue weighted by Crippen LogP contribution is -2.09. The lowest BCUT2D eigenvalue weighted by Gasteiger charge is -2.13. The highest BCUT2D eigenvalue weighted by atomic mass is 32.2. The van der Waals surface area contributed by atoms with Crippen molar-refractivity contribution in [2.75, 3.05) is 11.1 Å². The molecular weight excluding hydrogens is 348 g/mol. The first-order valence-electron chi connectivity index (χ1n) is 6.00. The molecule has 2 aromatic carbocycles. The van der Waals surface area contributed by atoms with Crippen molar-refractivity contribution in [3.05, 3.63) is 24.3 Å². The van der Waals surface area contributed by atoms with Crippen molar-refractivity contribution in [2.24, 2.45) is 0 Å². The zero-order valence-electron chi connectivity index (χ0n) is 11.6. The van der Waals surface area contributed by atoms with E-state index in [2.05, 4.69) is 5.32 Å². The number of hydrogen-bond acceptors (Lipinski definition) is 6. The highest BCUT2D eigenvalue weighted by molar-refractivity contribution is 7.86. The molecule has 124 valence electrons. The number of nitrogen functional groups attached to an aromatic ring is 1. The highest BCUT2D eigenvalue weighted by Gasteiger charge is 2.23. The zero-order valence-corrected chi connectivity index (χ0v) is 13.3. The predicted octanol–water partition coefficient (Wildman–Crippen LogP) is 0.874. The average molecular weight is 360 g/mol. The molecule has 1 amide bonds. The molecule has 0 aromatic heterocycles. The zero-order chi connectivity index (χ0) is 17.6. The molecule has 0 saturated heterocycles. The second-order valence-corrected chi connectivity index (χ2v) is 7.46. The van der Waals surface area contributed by atoms with Crippen molar-refractivity contribution in [2.45, 2.75) is 16.7 Å². The lowest BCUT2D eigenvalue weighted by molar-refractivity contribution is -0.114. The topological polar surface area (TPSA) is 164 Å². The van der Waals surface area contributed by atoms with Crippen molar-refractivity contribution in [1.29, 1.82) is 0 Å². The number of hydrogen-bond donors (Lipinski definition) is 4. The maximum absolute atomic E-state index is 11.6. The maximum Gasteiger partial charge on any atom is 0.295 e. The van der Waals surface area contributed by atoms with Crippen molar-refractivity contribution in [3.63, 3.8) is 0 Å². The molecule has 0 heterocycles. The highest BCUT2D eigenvalue weighted by Crippen LogP contribution is 2.35. The smallest absolute Gasteiger partial charge is 0.295 e. The Hall–Kier alpha value is -2.21. The summed E-state index contributed by atoms with van der Waals surface area (Å²) in [6.07, 6.45) is 0. The second-order valence-electron chi connectivity index (χ2n) is 4.68. The van der Waals surface area contributed by atoms with Gasteiger partial charge in [0.15, 0.2) is 0 Å². The van der Waals surface area contributed by atoms with Gasteiger partial charge >= 0.3 is 0 Å². The number of fused-ring (bicyclic) bond motifs is 1. The van der Waals surface area contributed by atoms with Crippen LogP contribution in [0.15, 0.2) is 34.1 Å². The van der Waals surface area contributed by atoms with Gasteiger partial charge in [-0.15, -0.1) is 0 Å².